The van der Waals surface area contributed by atoms with E-state index in [9.17, 15) is 15.3 Å². The monoisotopic (exact) mass is 684 g/mol. The van der Waals surface area contributed by atoms with Crippen LogP contribution in [0.3, 0.4) is 0 Å². The van der Waals surface area contributed by atoms with Gasteiger partial charge in [0.05, 0.1) is 45.7 Å². The van der Waals surface area contributed by atoms with Crippen molar-refractivity contribution in [3.05, 3.63) is 126 Å². The van der Waals surface area contributed by atoms with E-state index in [1.54, 1.807) is 7.11 Å². The molecule has 4 aromatic rings. The Bertz CT molecular complexity index is 1540. The van der Waals surface area contributed by atoms with E-state index >= 15 is 0 Å². The number of hydrogen-bond acceptors (Lipinski definition) is 7. The third kappa shape index (κ3) is 7.71. The molecule has 5 rings (SSSR count). The van der Waals surface area contributed by atoms with E-state index in [1.807, 2.05) is 97.9 Å². The topological polar surface area (TPSA) is 97.6 Å². The third-order valence-corrected chi connectivity index (χ3v) is 15.4. The zero-order valence-electron chi connectivity index (χ0n) is 29.4. The van der Waals surface area contributed by atoms with Gasteiger partial charge in [0, 0.05) is 24.4 Å². The highest BCUT2D eigenvalue weighted by molar-refractivity contribution is 6.99. The lowest BCUT2D eigenvalue weighted by Gasteiger charge is -2.56. The molecule has 5 atom stereocenters. The van der Waals surface area contributed by atoms with Gasteiger partial charge in [-0.1, -0.05) is 131 Å². The minimum Gasteiger partial charge on any atom is -0.497 e. The number of ether oxygens (including phenoxy) is 3. The molecule has 49 heavy (non-hydrogen) atoms. The smallest absolute Gasteiger partial charge is 0.261 e. The number of hydrogen-bond donors (Lipinski definition) is 3. The van der Waals surface area contributed by atoms with E-state index in [0.29, 0.717) is 13.2 Å². The van der Waals surface area contributed by atoms with Crippen LogP contribution in [0, 0.1) is 11.3 Å². The Kier molecular flexibility index (Phi) is 11.8. The van der Waals surface area contributed by atoms with Crippen LogP contribution in [0.5, 0.6) is 5.75 Å². The van der Waals surface area contributed by atoms with Crippen LogP contribution in [0.25, 0.3) is 0 Å². The van der Waals surface area contributed by atoms with E-state index in [-0.39, 0.29) is 24.7 Å². The maximum Gasteiger partial charge on any atom is 0.261 e. The maximum atomic E-state index is 12.3. The van der Waals surface area contributed by atoms with Crippen LogP contribution in [-0.2, 0) is 27.1 Å². The summed E-state index contributed by atoms with van der Waals surface area (Å²) in [7, 11) is -1.41. The number of rotatable bonds is 14. The zero-order chi connectivity index (χ0) is 35.1. The van der Waals surface area contributed by atoms with Crippen molar-refractivity contribution in [2.24, 2.45) is 11.3 Å². The first-order valence-corrected chi connectivity index (χ1v) is 19.0. The van der Waals surface area contributed by atoms with Crippen LogP contribution in [-0.4, -0.2) is 68.4 Å². The van der Waals surface area contributed by atoms with Crippen molar-refractivity contribution < 1.29 is 34.0 Å². The molecule has 7 nitrogen and oxygen atoms in total. The van der Waals surface area contributed by atoms with Gasteiger partial charge in [-0.3, -0.25) is 0 Å². The average molecular weight is 685 g/mol. The lowest BCUT2D eigenvalue weighted by Crippen LogP contribution is -2.71. The molecule has 1 fully saturated rings. The molecular weight excluding hydrogens is 633 g/mol. The molecule has 8 heteroatoms. The summed E-state index contributed by atoms with van der Waals surface area (Å²) in [6.45, 7) is 8.92. The normalized spacial score (nSPS) is 24.4. The molecule has 1 aliphatic rings. The molecule has 0 aliphatic heterocycles. The van der Waals surface area contributed by atoms with Crippen LogP contribution in [0.2, 0.25) is 5.04 Å². The van der Waals surface area contributed by atoms with Crippen molar-refractivity contribution in [3.63, 3.8) is 0 Å². The highest BCUT2D eigenvalue weighted by atomic mass is 28.4. The van der Waals surface area contributed by atoms with Gasteiger partial charge in [0.2, 0.25) is 0 Å². The Balaban J connectivity index is 1.55. The fourth-order valence-corrected chi connectivity index (χ4v) is 12.1. The maximum absolute atomic E-state index is 12.3. The Morgan fingerprint density at radius 2 is 1.31 bits per heavy atom. The highest BCUT2D eigenvalue weighted by Gasteiger charge is 2.61. The van der Waals surface area contributed by atoms with Gasteiger partial charge >= 0.3 is 0 Å². The lowest BCUT2D eigenvalue weighted by molar-refractivity contribution is -0.256. The minimum atomic E-state index is -3.05. The van der Waals surface area contributed by atoms with E-state index in [1.165, 1.54) is 0 Å². The zero-order valence-corrected chi connectivity index (χ0v) is 30.4. The molecule has 3 N–H and O–H groups in total. The fraction of sp³-hybridized carbons (Fsp3) is 0.415. The summed E-state index contributed by atoms with van der Waals surface area (Å²) in [5.41, 5.74) is -0.763. The number of methoxy groups -OCH3 is 1. The Hall–Kier alpha value is -3.34. The van der Waals surface area contributed by atoms with Gasteiger partial charge in [0.1, 0.15) is 11.4 Å². The van der Waals surface area contributed by atoms with Gasteiger partial charge in [0.25, 0.3) is 8.32 Å². The Morgan fingerprint density at radius 3 is 1.82 bits per heavy atom. The van der Waals surface area contributed by atoms with Crippen LogP contribution in [0.4, 0.5) is 0 Å². The lowest BCUT2D eigenvalue weighted by atomic mass is 9.58. The van der Waals surface area contributed by atoms with E-state index < -0.39 is 44.1 Å². The van der Waals surface area contributed by atoms with Crippen LogP contribution < -0.4 is 15.1 Å². The first-order chi connectivity index (χ1) is 23.5. The Morgan fingerprint density at radius 1 is 0.776 bits per heavy atom. The minimum absolute atomic E-state index is 0.0645. The van der Waals surface area contributed by atoms with Crippen molar-refractivity contribution in [3.8, 4) is 5.75 Å². The highest BCUT2D eigenvalue weighted by Crippen LogP contribution is 2.50. The van der Waals surface area contributed by atoms with Crippen LogP contribution in [0.15, 0.2) is 115 Å². The van der Waals surface area contributed by atoms with Gasteiger partial charge < -0.3 is 34.0 Å². The summed E-state index contributed by atoms with van der Waals surface area (Å²) in [5, 5.41) is 36.6. The molecule has 0 bridgehead atoms. The predicted molar refractivity (Wildman–Crippen MR) is 195 cm³/mol. The summed E-state index contributed by atoms with van der Waals surface area (Å²) in [6, 6.07) is 38.3. The SMILES string of the molecule is COc1ccc(COC[C@]2(C)[C@@H](OCc3ccccc3)C[C@H](O)[C@@](O)(CO)[C@H]2CO[Si](c2ccccc2)(c2ccccc2)C(C)(C)C)cc1. The van der Waals surface area contributed by atoms with Gasteiger partial charge in [-0.25, -0.2) is 0 Å². The molecule has 1 aliphatic carbocycles. The Labute approximate surface area is 292 Å². The summed E-state index contributed by atoms with van der Waals surface area (Å²) < 4.78 is 25.8. The molecule has 0 unspecified atom stereocenters. The summed E-state index contributed by atoms with van der Waals surface area (Å²) in [6.07, 6.45) is -1.64. The first-order valence-electron chi connectivity index (χ1n) is 17.1. The molecule has 0 heterocycles. The molecule has 0 radical (unpaired) electrons. The van der Waals surface area contributed by atoms with Gasteiger partial charge in [0.15, 0.2) is 0 Å². The first kappa shape index (κ1) is 36.9. The van der Waals surface area contributed by atoms with Gasteiger partial charge in [-0.2, -0.15) is 0 Å². The second-order valence-electron chi connectivity index (χ2n) is 14.6. The summed E-state index contributed by atoms with van der Waals surface area (Å²) in [4.78, 5) is 0. The van der Waals surface area contributed by atoms with Crippen molar-refractivity contribution in [2.75, 3.05) is 26.9 Å². The van der Waals surface area contributed by atoms with Crippen LogP contribution in [0.1, 0.15) is 45.2 Å². The number of aliphatic hydroxyl groups is 3. The largest absolute Gasteiger partial charge is 0.497 e. The molecule has 0 spiro atoms. The fourth-order valence-electron chi connectivity index (χ4n) is 7.56. The number of benzene rings is 4. The van der Waals surface area contributed by atoms with Crippen molar-refractivity contribution in [2.45, 2.75) is 70.2 Å². The predicted octanol–water partition coefficient (Wildman–Crippen LogP) is 5.48. The molecule has 0 saturated heterocycles. The second kappa shape index (κ2) is 15.7. The van der Waals surface area contributed by atoms with E-state index in [0.717, 1.165) is 27.2 Å². The van der Waals surface area contributed by atoms with Crippen molar-refractivity contribution >= 4 is 18.7 Å². The molecule has 4 aromatic carbocycles. The van der Waals surface area contributed by atoms with Gasteiger partial charge in [-0.15, -0.1) is 0 Å². The second-order valence-corrected chi connectivity index (χ2v) is 18.9. The van der Waals surface area contributed by atoms with E-state index in [4.69, 9.17) is 18.6 Å². The average Bonchev–Trinajstić information content (AvgIpc) is 3.12. The standard InChI is InChI=1S/C41H52O7Si/c1-39(2,3)49(34-17-11-7-12-18-34,35-19-13-8-14-20-35)48-28-36-40(4,30-46-26-32-21-23-33(45-5)24-22-32)38(25-37(43)41(36,44)29-42)47-27-31-15-9-6-10-16-31/h6-24,36-38,42-44H,25-30H2,1-5H3/t36-,37-,38-,40-,41+/m0/s1. The quantitative estimate of drug-likeness (QED) is 0.151. The summed E-state index contributed by atoms with van der Waals surface area (Å²) >= 11 is 0. The summed E-state index contributed by atoms with van der Waals surface area (Å²) in [5.74, 6) is 0.00643. The van der Waals surface area contributed by atoms with E-state index in [2.05, 4.69) is 45.0 Å². The molecule has 1 saturated carbocycles. The van der Waals surface area contributed by atoms with Gasteiger partial charge in [-0.05, 0) is 38.7 Å². The molecule has 262 valence electrons. The molecule has 0 aromatic heterocycles. The van der Waals surface area contributed by atoms with Crippen LogP contribution >= 0.6 is 0 Å². The third-order valence-electron chi connectivity index (χ3n) is 10.4. The number of aliphatic hydroxyl groups excluding tert-OH is 2. The van der Waals surface area contributed by atoms with Crippen molar-refractivity contribution in [1.82, 2.24) is 0 Å². The molecule has 0 amide bonds. The van der Waals surface area contributed by atoms with Crippen molar-refractivity contribution in [1.29, 1.82) is 0 Å². The molecular formula is C41H52O7Si.